The van der Waals surface area contributed by atoms with Gasteiger partial charge in [0.05, 0.1) is 33.6 Å². The van der Waals surface area contributed by atoms with E-state index in [0.717, 1.165) is 159 Å². The van der Waals surface area contributed by atoms with Crippen molar-refractivity contribution in [2.45, 2.75) is 117 Å². The summed E-state index contributed by atoms with van der Waals surface area (Å²) in [5.74, 6) is 0. The first kappa shape index (κ1) is 73.8. The number of furan rings is 5. The van der Waals surface area contributed by atoms with Crippen LogP contribution in [0.5, 0.6) is 0 Å². The molecule has 0 aliphatic carbocycles. The second kappa shape index (κ2) is 26.6. The van der Waals surface area contributed by atoms with Crippen molar-refractivity contribution in [3.05, 3.63) is 285 Å². The lowest BCUT2D eigenvalue weighted by Crippen LogP contribution is -2.41. The van der Waals surface area contributed by atoms with Crippen molar-refractivity contribution in [1.82, 2.24) is 0 Å². The van der Waals surface area contributed by atoms with Crippen LogP contribution in [0.4, 0.5) is 0 Å². The predicted octanol–water partition coefficient (Wildman–Crippen LogP) is 27.4. The maximum absolute atomic E-state index is 6.59. The van der Waals surface area contributed by atoms with Gasteiger partial charge in [-0.05, 0) is 292 Å². The van der Waals surface area contributed by atoms with E-state index in [9.17, 15) is 0 Å². The minimum atomic E-state index is -0.493. The molecule has 16 aromatic carbocycles. The molecule has 0 amide bonds. The van der Waals surface area contributed by atoms with Crippen LogP contribution >= 0.6 is 11.3 Å². The maximum Gasteiger partial charge on any atom is 0.495 e. The average molecular weight is 1600 g/mol. The van der Waals surface area contributed by atoms with E-state index in [-0.39, 0.29) is 11.2 Å². The number of hydrogen-bond acceptors (Lipinski definition) is 12. The normalized spacial score (nSPS) is 16.7. The van der Waals surface area contributed by atoms with Crippen molar-refractivity contribution < 1.29 is 50.0 Å². The summed E-state index contributed by atoms with van der Waals surface area (Å²) < 4.78 is 73.0. The van der Waals surface area contributed by atoms with Crippen molar-refractivity contribution in [3.8, 4) is 33.4 Å². The van der Waals surface area contributed by atoms with Crippen LogP contribution in [0.25, 0.3) is 206 Å². The monoisotopic (exact) mass is 1600 g/mol. The molecule has 0 saturated carbocycles. The van der Waals surface area contributed by atoms with Gasteiger partial charge in [0.1, 0.15) is 55.8 Å². The van der Waals surface area contributed by atoms with Gasteiger partial charge in [0, 0.05) is 79.4 Å². The molecule has 0 atom stereocenters. The highest BCUT2D eigenvalue weighted by Crippen LogP contribution is 2.48. The van der Waals surface area contributed by atoms with Gasteiger partial charge in [0.2, 0.25) is 0 Å². The Morgan fingerprint density at radius 3 is 0.975 bits per heavy atom. The third-order valence-electron chi connectivity index (χ3n) is 27.1. The molecule has 121 heavy (non-hydrogen) atoms. The summed E-state index contributed by atoms with van der Waals surface area (Å²) in [5.41, 5.74) is 16.3. The van der Waals surface area contributed by atoms with Crippen LogP contribution in [0.3, 0.4) is 0 Å². The molecule has 3 aliphatic rings. The number of fused-ring (bicyclic) bond motifs is 23. The van der Waals surface area contributed by atoms with Crippen LogP contribution in [-0.2, 0) is 27.9 Å². The van der Waals surface area contributed by atoms with Gasteiger partial charge in [0.25, 0.3) is 0 Å². The van der Waals surface area contributed by atoms with Crippen LogP contribution in [0, 0.1) is 0 Å². The second-order valence-corrected chi connectivity index (χ2v) is 37.1. The van der Waals surface area contributed by atoms with Crippen LogP contribution in [0.2, 0.25) is 0 Å². The average Bonchev–Trinajstić information content (AvgIpc) is 1.58. The largest absolute Gasteiger partial charge is 0.495 e. The molecule has 0 N–H and O–H groups in total. The third kappa shape index (κ3) is 11.8. The second-order valence-electron chi connectivity index (χ2n) is 36.0. The summed E-state index contributed by atoms with van der Waals surface area (Å²) >= 11 is 1.82. The van der Waals surface area contributed by atoms with Gasteiger partial charge >= 0.3 is 21.4 Å². The smallest absolute Gasteiger partial charge is 0.456 e. The zero-order valence-electron chi connectivity index (χ0n) is 69.3. The van der Waals surface area contributed by atoms with Gasteiger partial charge in [-0.25, -0.2) is 0 Å². The molecule has 0 radical (unpaired) electrons. The molecule has 0 bridgehead atoms. The van der Waals surface area contributed by atoms with Gasteiger partial charge < -0.3 is 50.0 Å². The van der Waals surface area contributed by atoms with E-state index in [1.807, 2.05) is 35.6 Å². The molecule has 0 unspecified atom stereocenters. The third-order valence-corrected chi connectivity index (χ3v) is 28.2. The first-order valence-electron chi connectivity index (χ1n) is 41.7. The van der Waals surface area contributed by atoms with E-state index in [1.54, 1.807) is 0 Å². The highest BCUT2D eigenvalue weighted by Gasteiger charge is 2.55. The summed E-state index contributed by atoms with van der Waals surface area (Å²) in [6.45, 7) is 25.1. The zero-order valence-corrected chi connectivity index (χ0v) is 70.1. The van der Waals surface area contributed by atoms with Gasteiger partial charge in [-0.15, -0.1) is 11.3 Å². The van der Waals surface area contributed by atoms with Crippen molar-refractivity contribution in [2.24, 2.45) is 0 Å². The van der Waals surface area contributed by atoms with Crippen LogP contribution in [0.15, 0.2) is 307 Å². The lowest BCUT2D eigenvalue weighted by Gasteiger charge is -2.32. The van der Waals surface area contributed by atoms with E-state index in [0.29, 0.717) is 0 Å². The van der Waals surface area contributed by atoms with Gasteiger partial charge in [0.15, 0.2) is 0 Å². The highest BCUT2D eigenvalue weighted by molar-refractivity contribution is 7.26. The Bertz CT molecular complexity index is 7770. The van der Waals surface area contributed by atoms with Crippen LogP contribution < -0.4 is 16.4 Å². The molecule has 3 saturated heterocycles. The van der Waals surface area contributed by atoms with Crippen molar-refractivity contribution in [2.75, 3.05) is 0 Å². The molecular weight excluding hydrogens is 1510 g/mol. The Hall–Kier alpha value is -12.3. The molecule has 3 fully saturated rings. The lowest BCUT2D eigenvalue weighted by molar-refractivity contribution is 0.00578. The molecule has 11 nitrogen and oxygen atoms in total. The minimum Gasteiger partial charge on any atom is -0.456 e. The standard InChI is InChI=1S/C38H29BO4.C34H27BO4.C34H27BO3S/c1-37(2)38(3,4)43-39(42-37)31-14-9-15-33-35(31)30-21-27(25-12-7-8-13-26(25)36(30)41-33)24-16-17-32-28(19-24)29-18-22-10-5-6-11-23(22)20-34(29)40-32;1-33(2)34(3,4)39-35(38-33)27-10-7-11-30-32(27)26-18-23(13-15-29(26)36-30)22-12-14-28-24(17-22)25-16-20-8-5-6-9-21(20)19-31(25)37-28;1-33(2)34(3,4)38-35(37-33)27-10-7-11-31-32(27)26-18-23(13-15-30(26)39-31)22-12-14-28-24(17-22)25-16-20-8-5-6-9-21(20)19-29(25)36-28/h5-21H,1-4H3;2*5-19H,1-4H3. The molecule has 588 valence electrons. The Morgan fingerprint density at radius 1 is 0.207 bits per heavy atom. The molecule has 3 aliphatic heterocycles. The van der Waals surface area contributed by atoms with Crippen LogP contribution in [0.1, 0.15) is 83.1 Å². The van der Waals surface area contributed by atoms with E-state index in [4.69, 9.17) is 50.0 Å². The molecular formula is C106H83B3O11S. The fourth-order valence-electron chi connectivity index (χ4n) is 18.4. The highest BCUT2D eigenvalue weighted by atomic mass is 32.1. The quantitative estimate of drug-likeness (QED) is 0.148. The molecule has 0 spiro atoms. The fourth-order valence-corrected chi connectivity index (χ4v) is 19.5. The summed E-state index contributed by atoms with van der Waals surface area (Å²) in [4.78, 5) is 0. The number of benzene rings is 16. The Morgan fingerprint density at radius 2 is 0.529 bits per heavy atom. The topological polar surface area (TPSA) is 121 Å². The number of thiophene rings is 1. The van der Waals surface area contributed by atoms with E-state index in [1.165, 1.54) is 63.6 Å². The summed E-state index contributed by atoms with van der Waals surface area (Å²) in [7, 11) is -1.36. The maximum atomic E-state index is 6.59. The summed E-state index contributed by atoms with van der Waals surface area (Å²) in [6, 6.07) is 101. The minimum absolute atomic E-state index is 0.384. The molecule has 22 aromatic rings. The molecule has 25 rings (SSSR count). The predicted molar refractivity (Wildman–Crippen MR) is 502 cm³/mol. The van der Waals surface area contributed by atoms with E-state index < -0.39 is 43.8 Å². The van der Waals surface area contributed by atoms with Gasteiger partial charge in [-0.1, -0.05) is 164 Å². The Labute approximate surface area is 702 Å². The molecule has 15 heteroatoms. The zero-order chi connectivity index (χ0) is 82.1. The Balaban J connectivity index is 0.000000106. The van der Waals surface area contributed by atoms with Crippen molar-refractivity contribution >= 4 is 222 Å². The number of hydrogen-bond donors (Lipinski definition) is 0. The van der Waals surface area contributed by atoms with Gasteiger partial charge in [-0.2, -0.15) is 0 Å². The van der Waals surface area contributed by atoms with Crippen molar-refractivity contribution in [1.29, 1.82) is 0 Å². The molecule has 9 heterocycles. The SMILES string of the molecule is CC1(C)OB(c2cccc3oc4c5ccccc5c(-c5ccc6oc7cc8ccccc8cc7c6c5)cc4c23)OC1(C)C.CC1(C)OB(c2cccc3oc4ccc(-c5ccc6oc7cc8ccccc8cc7c6c5)cc4c23)OC1(C)C.CC1(C)OB(c2cccc3sc4ccc(-c5ccc6oc7cc8ccccc8cc7c6c5)cc4c23)OC1(C)C. The summed E-state index contributed by atoms with van der Waals surface area (Å²) in [5, 5.41) is 22.8. The summed E-state index contributed by atoms with van der Waals surface area (Å²) in [6.07, 6.45) is 0. The first-order chi connectivity index (χ1) is 58.3. The lowest BCUT2D eigenvalue weighted by atomic mass is 9.76. The fraction of sp³-hybridized carbons (Fsp3) is 0.170. The number of rotatable bonds is 6. The first-order valence-corrected chi connectivity index (χ1v) is 42.5. The Kier molecular flexibility index (Phi) is 16.2. The van der Waals surface area contributed by atoms with Crippen molar-refractivity contribution in [3.63, 3.8) is 0 Å². The van der Waals surface area contributed by atoms with E-state index >= 15 is 0 Å². The van der Waals surface area contributed by atoms with Gasteiger partial charge in [-0.3, -0.25) is 0 Å². The molecule has 6 aromatic heterocycles. The van der Waals surface area contributed by atoms with Crippen LogP contribution in [-0.4, -0.2) is 55.0 Å². The van der Waals surface area contributed by atoms with E-state index in [2.05, 4.69) is 344 Å².